The van der Waals surface area contributed by atoms with E-state index in [0.29, 0.717) is 11.4 Å². The molecule has 0 radical (unpaired) electrons. The van der Waals surface area contributed by atoms with Gasteiger partial charge in [0.25, 0.3) is 0 Å². The second-order valence-electron chi connectivity index (χ2n) is 4.13. The van der Waals surface area contributed by atoms with E-state index in [1.165, 1.54) is 13.3 Å². The van der Waals surface area contributed by atoms with Crippen LogP contribution in [-0.4, -0.2) is 30.1 Å². The summed E-state index contributed by atoms with van der Waals surface area (Å²) < 4.78 is 5.08. The lowest BCUT2D eigenvalue weighted by Crippen LogP contribution is -2.32. The van der Waals surface area contributed by atoms with Crippen molar-refractivity contribution in [3.63, 3.8) is 0 Å². The first-order valence-electron chi connectivity index (χ1n) is 6.38. The maximum Gasteiger partial charge on any atom is 0.329 e. The maximum absolute atomic E-state index is 11.8. The van der Waals surface area contributed by atoms with Crippen molar-refractivity contribution in [3.8, 4) is 5.75 Å². The van der Waals surface area contributed by atoms with Crippen molar-refractivity contribution in [2.45, 2.75) is 0 Å². The molecular weight excluding hydrogens is 284 g/mol. The van der Waals surface area contributed by atoms with E-state index >= 15 is 0 Å². The van der Waals surface area contributed by atoms with Gasteiger partial charge < -0.3 is 10.1 Å². The fourth-order valence-corrected chi connectivity index (χ4v) is 1.59. The summed E-state index contributed by atoms with van der Waals surface area (Å²) in [5.41, 5.74) is 3.30. The molecule has 0 aliphatic rings. The number of hydrazone groups is 1. The van der Waals surface area contributed by atoms with Crippen LogP contribution in [0.5, 0.6) is 5.75 Å². The Bertz CT molecular complexity index is 686. The van der Waals surface area contributed by atoms with Crippen LogP contribution in [0.2, 0.25) is 0 Å². The molecule has 2 aromatic rings. The average Bonchev–Trinajstić information content (AvgIpc) is 2.56. The largest absolute Gasteiger partial charge is 0.495 e. The maximum atomic E-state index is 11.8. The Balaban J connectivity index is 1.92. The minimum absolute atomic E-state index is 0.406. The summed E-state index contributed by atoms with van der Waals surface area (Å²) in [6.45, 7) is 0. The van der Waals surface area contributed by atoms with E-state index in [1.54, 1.807) is 48.8 Å². The Morgan fingerprint density at radius 1 is 1.14 bits per heavy atom. The molecule has 112 valence electrons. The van der Waals surface area contributed by atoms with E-state index in [9.17, 15) is 9.59 Å². The predicted molar refractivity (Wildman–Crippen MR) is 81.6 cm³/mol. The first kappa shape index (κ1) is 15.2. The molecular formula is C15H14N4O3. The van der Waals surface area contributed by atoms with Crippen LogP contribution in [0.15, 0.2) is 53.9 Å². The second kappa shape index (κ2) is 7.53. The summed E-state index contributed by atoms with van der Waals surface area (Å²) in [7, 11) is 1.48. The lowest BCUT2D eigenvalue weighted by Gasteiger charge is -2.08. The molecule has 1 aromatic carbocycles. The van der Waals surface area contributed by atoms with Gasteiger partial charge in [0.05, 0.1) is 19.0 Å². The number of rotatable bonds is 4. The van der Waals surface area contributed by atoms with Gasteiger partial charge in [-0.3, -0.25) is 14.6 Å². The third-order valence-electron chi connectivity index (χ3n) is 2.65. The van der Waals surface area contributed by atoms with Gasteiger partial charge in [-0.1, -0.05) is 12.1 Å². The minimum atomic E-state index is -0.879. The zero-order valence-electron chi connectivity index (χ0n) is 11.8. The fraction of sp³-hybridized carbons (Fsp3) is 0.0667. The van der Waals surface area contributed by atoms with Crippen molar-refractivity contribution in [2.75, 3.05) is 12.4 Å². The van der Waals surface area contributed by atoms with E-state index < -0.39 is 11.8 Å². The summed E-state index contributed by atoms with van der Waals surface area (Å²) in [5, 5.41) is 6.15. The molecule has 1 aromatic heterocycles. The Hall–Kier alpha value is -3.22. The third kappa shape index (κ3) is 4.14. The lowest BCUT2D eigenvalue weighted by molar-refractivity contribution is -0.136. The zero-order valence-corrected chi connectivity index (χ0v) is 11.8. The van der Waals surface area contributed by atoms with Crippen LogP contribution >= 0.6 is 0 Å². The molecule has 1 heterocycles. The van der Waals surface area contributed by atoms with Gasteiger partial charge >= 0.3 is 11.8 Å². The van der Waals surface area contributed by atoms with Crippen molar-refractivity contribution in [2.24, 2.45) is 5.10 Å². The van der Waals surface area contributed by atoms with Crippen molar-refractivity contribution in [1.29, 1.82) is 0 Å². The molecule has 2 rings (SSSR count). The Morgan fingerprint density at radius 3 is 2.59 bits per heavy atom. The molecule has 0 unspecified atom stereocenters. The number of para-hydroxylation sites is 2. The molecule has 0 atom stereocenters. The second-order valence-corrected chi connectivity index (χ2v) is 4.13. The first-order chi connectivity index (χ1) is 10.7. The number of hydrogen-bond donors (Lipinski definition) is 2. The topological polar surface area (TPSA) is 92.7 Å². The number of carbonyl (C=O) groups excluding carboxylic acids is 2. The average molecular weight is 298 g/mol. The highest BCUT2D eigenvalue weighted by atomic mass is 16.5. The summed E-state index contributed by atoms with van der Waals surface area (Å²) in [5.74, 6) is -1.25. The highest BCUT2D eigenvalue weighted by Crippen LogP contribution is 2.22. The van der Waals surface area contributed by atoms with E-state index in [-0.39, 0.29) is 0 Å². The monoisotopic (exact) mass is 298 g/mol. The molecule has 0 fully saturated rings. The number of benzene rings is 1. The van der Waals surface area contributed by atoms with Gasteiger partial charge in [0, 0.05) is 12.4 Å². The zero-order chi connectivity index (χ0) is 15.8. The van der Waals surface area contributed by atoms with Crippen LogP contribution in [0.3, 0.4) is 0 Å². The smallest absolute Gasteiger partial charge is 0.329 e. The van der Waals surface area contributed by atoms with Gasteiger partial charge in [-0.25, -0.2) is 5.43 Å². The van der Waals surface area contributed by atoms with Crippen molar-refractivity contribution < 1.29 is 14.3 Å². The molecule has 22 heavy (non-hydrogen) atoms. The number of carbonyl (C=O) groups is 2. The third-order valence-corrected chi connectivity index (χ3v) is 2.65. The van der Waals surface area contributed by atoms with Gasteiger partial charge in [0.1, 0.15) is 5.75 Å². The van der Waals surface area contributed by atoms with E-state index in [2.05, 4.69) is 20.8 Å². The molecule has 0 saturated carbocycles. The van der Waals surface area contributed by atoms with Gasteiger partial charge in [-0.2, -0.15) is 5.10 Å². The van der Waals surface area contributed by atoms with Crippen LogP contribution in [0.1, 0.15) is 5.56 Å². The van der Waals surface area contributed by atoms with Crippen molar-refractivity contribution >= 4 is 23.7 Å². The van der Waals surface area contributed by atoms with Crippen LogP contribution in [0.4, 0.5) is 5.69 Å². The van der Waals surface area contributed by atoms with Gasteiger partial charge in [0.15, 0.2) is 0 Å². The number of anilines is 1. The van der Waals surface area contributed by atoms with Crippen LogP contribution < -0.4 is 15.5 Å². The molecule has 0 bridgehead atoms. The highest BCUT2D eigenvalue weighted by Gasteiger charge is 2.14. The number of hydrogen-bond acceptors (Lipinski definition) is 5. The molecule has 2 N–H and O–H groups in total. The summed E-state index contributed by atoms with van der Waals surface area (Å²) in [6, 6.07) is 10.2. The summed E-state index contributed by atoms with van der Waals surface area (Å²) in [6.07, 6.45) is 4.60. The number of ether oxygens (including phenoxy) is 1. The van der Waals surface area contributed by atoms with Crippen LogP contribution in [0.25, 0.3) is 0 Å². The number of amides is 2. The molecule has 2 amide bonds. The standard InChI is InChI=1S/C15H14N4O3/c1-22-13-5-3-2-4-12(13)18-14(20)15(21)19-17-10-11-6-8-16-9-7-11/h2-10H,1H3,(H,18,20)(H,19,21). The molecule has 7 heteroatoms. The molecule has 7 nitrogen and oxygen atoms in total. The van der Waals surface area contributed by atoms with Gasteiger partial charge in [-0.05, 0) is 29.8 Å². The van der Waals surface area contributed by atoms with Crippen LogP contribution in [-0.2, 0) is 9.59 Å². The van der Waals surface area contributed by atoms with E-state index in [0.717, 1.165) is 5.56 Å². The lowest BCUT2D eigenvalue weighted by atomic mass is 10.3. The molecule has 0 aliphatic heterocycles. The Morgan fingerprint density at radius 2 is 1.86 bits per heavy atom. The number of aromatic nitrogens is 1. The fourth-order valence-electron chi connectivity index (χ4n) is 1.59. The number of pyridine rings is 1. The predicted octanol–water partition coefficient (Wildman–Crippen LogP) is 1.18. The summed E-state index contributed by atoms with van der Waals surface area (Å²) >= 11 is 0. The first-order valence-corrected chi connectivity index (χ1v) is 6.38. The highest BCUT2D eigenvalue weighted by molar-refractivity contribution is 6.39. The van der Waals surface area contributed by atoms with E-state index in [1.807, 2.05) is 0 Å². The molecule has 0 aliphatic carbocycles. The number of nitrogens with zero attached hydrogens (tertiary/aromatic N) is 2. The minimum Gasteiger partial charge on any atom is -0.495 e. The number of nitrogens with one attached hydrogen (secondary N) is 2. The number of methoxy groups -OCH3 is 1. The normalized spacial score (nSPS) is 10.2. The van der Waals surface area contributed by atoms with Gasteiger partial charge in [0.2, 0.25) is 0 Å². The van der Waals surface area contributed by atoms with Crippen molar-refractivity contribution in [1.82, 2.24) is 10.4 Å². The van der Waals surface area contributed by atoms with E-state index in [4.69, 9.17) is 4.74 Å². The summed E-state index contributed by atoms with van der Waals surface area (Å²) in [4.78, 5) is 27.3. The molecule has 0 spiro atoms. The molecule has 0 saturated heterocycles. The van der Waals surface area contributed by atoms with Gasteiger partial charge in [-0.15, -0.1) is 0 Å². The van der Waals surface area contributed by atoms with Crippen molar-refractivity contribution in [3.05, 3.63) is 54.4 Å². The quantitative estimate of drug-likeness (QED) is 0.503. The Labute approximate surface area is 127 Å². The SMILES string of the molecule is COc1ccccc1NC(=O)C(=O)NN=Cc1ccncc1. The Kier molecular flexibility index (Phi) is 5.20. The van der Waals surface area contributed by atoms with Crippen LogP contribution in [0, 0.1) is 0 Å².